The van der Waals surface area contributed by atoms with Crippen LogP contribution in [0.5, 0.6) is 0 Å². The number of aryl methyl sites for hydroxylation is 1. The summed E-state index contributed by atoms with van der Waals surface area (Å²) in [6.45, 7) is 5.31. The van der Waals surface area contributed by atoms with Crippen LogP contribution >= 0.6 is 0 Å². The Morgan fingerprint density at radius 1 is 0.889 bits per heavy atom. The zero-order chi connectivity index (χ0) is 25.6. The van der Waals surface area contributed by atoms with Crippen molar-refractivity contribution in [3.8, 4) is 0 Å². The lowest BCUT2D eigenvalue weighted by atomic mass is 9.78. The predicted molar refractivity (Wildman–Crippen MR) is 148 cm³/mol. The van der Waals surface area contributed by atoms with Gasteiger partial charge in [0, 0.05) is 79.4 Å². The maximum atomic E-state index is 13.5. The number of hydrogen-bond donors (Lipinski definition) is 0. The van der Waals surface area contributed by atoms with Gasteiger partial charge in [-0.25, -0.2) is 4.79 Å². The van der Waals surface area contributed by atoms with Crippen molar-refractivity contribution in [2.24, 2.45) is 0 Å². The molecule has 5 nitrogen and oxygen atoms in total. The van der Waals surface area contributed by atoms with E-state index in [2.05, 4.69) is 84.0 Å². The number of carbonyl (C=O) groups excluding carboxylic acids is 1. The maximum absolute atomic E-state index is 13.5. The number of esters is 1. The summed E-state index contributed by atoms with van der Waals surface area (Å²) in [7, 11) is 8.04. The number of unbranched alkanes of at least 4 members (excludes halogenated alkanes) is 1. The van der Waals surface area contributed by atoms with E-state index in [0.717, 1.165) is 58.5 Å². The minimum atomic E-state index is -1.02. The topological polar surface area (TPSA) is 37.7 Å². The molecule has 0 saturated carbocycles. The van der Waals surface area contributed by atoms with Crippen LogP contribution in [0.4, 0.5) is 11.4 Å². The number of aromatic nitrogens is 1. The Balaban J connectivity index is 1.85. The quantitative estimate of drug-likeness (QED) is 0.289. The standard InChI is InChI=1S/C31H35N3O2/c1-7-8-19-34-21(2)29(25-11-9-10-12-28(25)34)31(22-13-15-23(16-14-22)32(3)4)27-18-17-24(33(5)6)20-26(27)30(35)36-31/h9-18,20H,7-8,19H2,1-6H3. The number of benzene rings is 3. The molecule has 0 fully saturated rings. The molecule has 0 N–H and O–H groups in total. The summed E-state index contributed by atoms with van der Waals surface area (Å²) in [4.78, 5) is 17.6. The Morgan fingerprint density at radius 3 is 2.22 bits per heavy atom. The van der Waals surface area contributed by atoms with Gasteiger partial charge in [-0.05, 0) is 43.7 Å². The highest BCUT2D eigenvalue weighted by Gasteiger charge is 2.51. The van der Waals surface area contributed by atoms with Gasteiger partial charge in [-0.1, -0.05) is 49.7 Å². The third kappa shape index (κ3) is 3.57. The lowest BCUT2D eigenvalue weighted by Gasteiger charge is -2.31. The number of para-hydroxylation sites is 1. The highest BCUT2D eigenvalue weighted by molar-refractivity contribution is 5.99. The van der Waals surface area contributed by atoms with Crippen LogP contribution in [-0.2, 0) is 16.9 Å². The molecule has 2 heterocycles. The Kier molecular flexibility index (Phi) is 6.03. The third-order valence-electron chi connectivity index (χ3n) is 7.47. The lowest BCUT2D eigenvalue weighted by molar-refractivity contribution is 0.0253. The molecule has 5 heteroatoms. The van der Waals surface area contributed by atoms with Crippen LogP contribution in [0, 0.1) is 6.92 Å². The minimum Gasteiger partial charge on any atom is -0.440 e. The van der Waals surface area contributed by atoms with E-state index < -0.39 is 5.60 Å². The Bertz CT molecular complexity index is 1430. The van der Waals surface area contributed by atoms with Crippen molar-refractivity contribution in [2.45, 2.75) is 38.8 Å². The van der Waals surface area contributed by atoms with Crippen molar-refractivity contribution in [2.75, 3.05) is 38.0 Å². The number of anilines is 2. The molecule has 0 saturated heterocycles. The van der Waals surface area contributed by atoms with Crippen LogP contribution in [0.15, 0.2) is 66.7 Å². The molecule has 5 rings (SSSR count). The molecule has 0 spiro atoms. The fraction of sp³-hybridized carbons (Fsp3) is 0.323. The minimum absolute atomic E-state index is 0.282. The lowest BCUT2D eigenvalue weighted by Crippen LogP contribution is -2.30. The Morgan fingerprint density at radius 2 is 1.56 bits per heavy atom. The monoisotopic (exact) mass is 481 g/mol. The van der Waals surface area contributed by atoms with Crippen LogP contribution < -0.4 is 9.80 Å². The van der Waals surface area contributed by atoms with E-state index in [-0.39, 0.29) is 5.97 Å². The van der Waals surface area contributed by atoms with Crippen LogP contribution in [0.2, 0.25) is 0 Å². The van der Waals surface area contributed by atoms with Crippen molar-refractivity contribution >= 4 is 28.2 Å². The summed E-state index contributed by atoms with van der Waals surface area (Å²) >= 11 is 0. The number of ether oxygens (including phenoxy) is 1. The largest absolute Gasteiger partial charge is 0.440 e. The first kappa shape index (κ1) is 24.0. The fourth-order valence-corrected chi connectivity index (χ4v) is 5.55. The fourth-order valence-electron chi connectivity index (χ4n) is 5.55. The predicted octanol–water partition coefficient (Wildman–Crippen LogP) is 6.34. The molecule has 0 amide bonds. The van der Waals surface area contributed by atoms with Gasteiger partial charge in [0.15, 0.2) is 5.60 Å². The average Bonchev–Trinajstić information content (AvgIpc) is 3.33. The summed E-state index contributed by atoms with van der Waals surface area (Å²) < 4.78 is 8.94. The van der Waals surface area contributed by atoms with Crippen molar-refractivity contribution in [1.82, 2.24) is 4.57 Å². The molecule has 1 aliphatic heterocycles. The number of nitrogens with zero attached hydrogens (tertiary/aromatic N) is 3. The second kappa shape index (κ2) is 9.05. The highest BCUT2D eigenvalue weighted by atomic mass is 16.6. The van der Waals surface area contributed by atoms with E-state index in [9.17, 15) is 4.79 Å². The van der Waals surface area contributed by atoms with Crippen LogP contribution in [0.25, 0.3) is 10.9 Å². The first-order valence-electron chi connectivity index (χ1n) is 12.7. The number of carbonyl (C=O) groups is 1. The molecule has 1 unspecified atom stereocenters. The van der Waals surface area contributed by atoms with Gasteiger partial charge in [0.25, 0.3) is 0 Å². The normalized spacial score (nSPS) is 16.8. The van der Waals surface area contributed by atoms with Gasteiger partial charge in [-0.15, -0.1) is 0 Å². The van der Waals surface area contributed by atoms with Crippen LogP contribution in [0.1, 0.15) is 52.5 Å². The SMILES string of the molecule is CCCCn1c(C)c(C2(c3ccc(N(C)C)cc3)OC(=O)c3cc(N(C)C)ccc32)c2ccccc21. The summed E-state index contributed by atoms with van der Waals surface area (Å²) in [5.41, 5.74) is 6.91. The Hall–Kier alpha value is -3.73. The molecule has 4 aromatic rings. The molecule has 0 bridgehead atoms. The number of rotatable bonds is 7. The van der Waals surface area contributed by atoms with E-state index in [0.29, 0.717) is 5.56 Å². The van der Waals surface area contributed by atoms with Gasteiger partial charge in [0.1, 0.15) is 0 Å². The summed E-state index contributed by atoms with van der Waals surface area (Å²) in [5, 5.41) is 1.13. The van der Waals surface area contributed by atoms with Gasteiger partial charge in [0.2, 0.25) is 0 Å². The summed E-state index contributed by atoms with van der Waals surface area (Å²) in [6.07, 6.45) is 2.20. The molecule has 0 aliphatic carbocycles. The van der Waals surface area contributed by atoms with Crippen molar-refractivity contribution in [3.63, 3.8) is 0 Å². The van der Waals surface area contributed by atoms with Crippen molar-refractivity contribution < 1.29 is 9.53 Å². The summed E-state index contributed by atoms with van der Waals surface area (Å²) in [5.74, 6) is -0.282. The van der Waals surface area contributed by atoms with Gasteiger partial charge < -0.3 is 19.1 Å². The van der Waals surface area contributed by atoms with Crippen LogP contribution in [0.3, 0.4) is 0 Å². The highest BCUT2D eigenvalue weighted by Crippen LogP contribution is 2.51. The van der Waals surface area contributed by atoms with E-state index in [1.165, 1.54) is 5.52 Å². The molecule has 3 aromatic carbocycles. The number of cyclic esters (lactones) is 1. The number of fused-ring (bicyclic) bond motifs is 2. The molecular formula is C31H35N3O2. The van der Waals surface area contributed by atoms with Gasteiger partial charge >= 0.3 is 5.97 Å². The second-order valence-electron chi connectivity index (χ2n) is 10.1. The Labute approximate surface area is 213 Å². The molecule has 186 valence electrons. The first-order valence-corrected chi connectivity index (χ1v) is 12.7. The summed E-state index contributed by atoms with van der Waals surface area (Å²) in [6, 6.07) is 23.0. The van der Waals surface area contributed by atoms with E-state index >= 15 is 0 Å². The number of hydrogen-bond acceptors (Lipinski definition) is 4. The van der Waals surface area contributed by atoms with Gasteiger partial charge in [0.05, 0.1) is 5.56 Å². The van der Waals surface area contributed by atoms with E-state index in [4.69, 9.17) is 4.74 Å². The maximum Gasteiger partial charge on any atom is 0.340 e. The molecule has 36 heavy (non-hydrogen) atoms. The zero-order valence-electron chi connectivity index (χ0n) is 22.1. The zero-order valence-corrected chi connectivity index (χ0v) is 22.1. The van der Waals surface area contributed by atoms with Gasteiger partial charge in [-0.3, -0.25) is 0 Å². The molecule has 1 aromatic heterocycles. The van der Waals surface area contributed by atoms with E-state index in [1.54, 1.807) is 0 Å². The molecule has 1 atom stereocenters. The van der Waals surface area contributed by atoms with Crippen LogP contribution in [-0.4, -0.2) is 38.7 Å². The van der Waals surface area contributed by atoms with Crippen molar-refractivity contribution in [1.29, 1.82) is 0 Å². The smallest absolute Gasteiger partial charge is 0.340 e. The third-order valence-corrected chi connectivity index (χ3v) is 7.47. The molecule has 0 radical (unpaired) electrons. The van der Waals surface area contributed by atoms with E-state index in [1.807, 2.05) is 39.2 Å². The molecular weight excluding hydrogens is 446 g/mol. The van der Waals surface area contributed by atoms with Crippen molar-refractivity contribution in [3.05, 3.63) is 94.7 Å². The second-order valence-corrected chi connectivity index (χ2v) is 10.1. The molecule has 1 aliphatic rings. The average molecular weight is 482 g/mol. The first-order chi connectivity index (χ1) is 17.3. The van der Waals surface area contributed by atoms with Gasteiger partial charge in [-0.2, -0.15) is 0 Å².